The van der Waals surface area contributed by atoms with Crippen LogP contribution in [0.4, 0.5) is 0 Å². The summed E-state index contributed by atoms with van der Waals surface area (Å²) in [5, 5.41) is 2.18. The zero-order valence-electron chi connectivity index (χ0n) is 5.86. The van der Waals surface area contributed by atoms with E-state index in [-0.39, 0.29) is 0 Å². The standard InChI is InChI=1S/C7H8O3S/c1-2-4-10-7-3-5-11(8,9)6-7/h2-3,5-6H,1,4H2. The van der Waals surface area contributed by atoms with Crippen molar-refractivity contribution in [1.29, 1.82) is 0 Å². The number of hydrogen-bond acceptors (Lipinski definition) is 3. The lowest BCUT2D eigenvalue weighted by molar-refractivity contribution is 0.263. The maximum absolute atomic E-state index is 10.7. The second kappa shape index (κ2) is 2.92. The third-order valence-corrected chi connectivity index (χ3v) is 2.15. The summed E-state index contributed by atoms with van der Waals surface area (Å²) in [4.78, 5) is 0. The lowest BCUT2D eigenvalue weighted by atomic mass is 10.5. The molecule has 3 nitrogen and oxygen atoms in total. The Morgan fingerprint density at radius 3 is 2.82 bits per heavy atom. The Balaban J connectivity index is 2.65. The molecule has 0 aromatic carbocycles. The third kappa shape index (κ3) is 2.23. The Morgan fingerprint density at radius 1 is 1.64 bits per heavy atom. The van der Waals surface area contributed by atoms with Crippen molar-refractivity contribution in [1.82, 2.24) is 0 Å². The number of sulfone groups is 1. The first-order valence-corrected chi connectivity index (χ1v) is 4.63. The van der Waals surface area contributed by atoms with Crippen molar-refractivity contribution in [3.05, 3.63) is 35.3 Å². The van der Waals surface area contributed by atoms with Crippen molar-refractivity contribution in [2.24, 2.45) is 0 Å². The van der Waals surface area contributed by atoms with Gasteiger partial charge in [0.2, 0.25) is 0 Å². The van der Waals surface area contributed by atoms with Crippen LogP contribution in [0, 0.1) is 0 Å². The second-order valence-corrected chi connectivity index (χ2v) is 3.70. The number of rotatable bonds is 3. The molecule has 11 heavy (non-hydrogen) atoms. The van der Waals surface area contributed by atoms with Crippen LogP contribution in [-0.4, -0.2) is 15.0 Å². The van der Waals surface area contributed by atoms with Gasteiger partial charge in [-0.1, -0.05) is 12.7 Å². The van der Waals surface area contributed by atoms with Gasteiger partial charge in [0.15, 0.2) is 9.84 Å². The van der Waals surface area contributed by atoms with Gasteiger partial charge >= 0.3 is 0 Å². The van der Waals surface area contributed by atoms with Crippen molar-refractivity contribution in [3.8, 4) is 0 Å². The van der Waals surface area contributed by atoms with Gasteiger partial charge in [-0.15, -0.1) is 0 Å². The van der Waals surface area contributed by atoms with Crippen molar-refractivity contribution in [2.75, 3.05) is 6.61 Å². The van der Waals surface area contributed by atoms with Gasteiger partial charge in [-0.25, -0.2) is 8.42 Å². The van der Waals surface area contributed by atoms with E-state index in [0.717, 1.165) is 10.8 Å². The molecule has 1 aliphatic rings. The van der Waals surface area contributed by atoms with Crippen LogP contribution in [0.25, 0.3) is 0 Å². The molecule has 0 N–H and O–H groups in total. The molecule has 60 valence electrons. The topological polar surface area (TPSA) is 43.4 Å². The van der Waals surface area contributed by atoms with E-state index in [1.807, 2.05) is 0 Å². The summed E-state index contributed by atoms with van der Waals surface area (Å²) >= 11 is 0. The van der Waals surface area contributed by atoms with Crippen LogP contribution in [0.15, 0.2) is 35.3 Å². The molecule has 4 heteroatoms. The molecule has 1 heterocycles. The van der Waals surface area contributed by atoms with Crippen LogP contribution in [0.1, 0.15) is 0 Å². The largest absolute Gasteiger partial charge is 0.489 e. The summed E-state index contributed by atoms with van der Waals surface area (Å²) in [6.45, 7) is 3.76. The van der Waals surface area contributed by atoms with E-state index in [0.29, 0.717) is 12.4 Å². The van der Waals surface area contributed by atoms with Crippen molar-refractivity contribution < 1.29 is 13.2 Å². The van der Waals surface area contributed by atoms with Gasteiger partial charge in [0.05, 0.1) is 5.41 Å². The monoisotopic (exact) mass is 172 g/mol. The van der Waals surface area contributed by atoms with Gasteiger partial charge in [-0.2, -0.15) is 0 Å². The van der Waals surface area contributed by atoms with E-state index in [1.54, 1.807) is 6.08 Å². The molecule has 0 atom stereocenters. The van der Waals surface area contributed by atoms with E-state index >= 15 is 0 Å². The smallest absolute Gasteiger partial charge is 0.196 e. The van der Waals surface area contributed by atoms with E-state index in [2.05, 4.69) is 6.58 Å². The quantitative estimate of drug-likeness (QED) is 0.596. The zero-order chi connectivity index (χ0) is 8.32. The summed E-state index contributed by atoms with van der Waals surface area (Å²) in [6, 6.07) is 0. The van der Waals surface area contributed by atoms with E-state index in [9.17, 15) is 8.42 Å². The molecule has 0 aliphatic carbocycles. The summed E-state index contributed by atoms with van der Waals surface area (Å²) in [5.74, 6) is 0.366. The zero-order valence-corrected chi connectivity index (χ0v) is 6.67. The highest BCUT2D eigenvalue weighted by molar-refractivity contribution is 7.97. The maximum Gasteiger partial charge on any atom is 0.196 e. The first kappa shape index (κ1) is 8.07. The molecular formula is C7H8O3S. The summed E-state index contributed by atoms with van der Waals surface area (Å²) < 4.78 is 26.4. The lowest BCUT2D eigenvalue weighted by Crippen LogP contribution is -1.88. The Bertz CT molecular complexity index is 309. The SMILES string of the molecule is C=CCOC1=CS(=O)(=O)C=C1. The highest BCUT2D eigenvalue weighted by Gasteiger charge is 2.10. The average molecular weight is 172 g/mol. The van der Waals surface area contributed by atoms with Gasteiger partial charge in [0.25, 0.3) is 0 Å². The number of hydrogen-bond donors (Lipinski definition) is 0. The van der Waals surface area contributed by atoms with E-state index in [1.165, 1.54) is 6.08 Å². The molecule has 1 aliphatic heterocycles. The molecule has 0 saturated heterocycles. The van der Waals surface area contributed by atoms with Crippen LogP contribution >= 0.6 is 0 Å². The first-order valence-electron chi connectivity index (χ1n) is 3.02. The fraction of sp³-hybridized carbons (Fsp3) is 0.143. The predicted molar refractivity (Wildman–Crippen MR) is 42.3 cm³/mol. The van der Waals surface area contributed by atoms with Crippen LogP contribution in [0.2, 0.25) is 0 Å². The Hall–Kier alpha value is -1.03. The van der Waals surface area contributed by atoms with E-state index in [4.69, 9.17) is 4.74 Å². The number of ether oxygens (including phenoxy) is 1. The van der Waals surface area contributed by atoms with Crippen LogP contribution < -0.4 is 0 Å². The van der Waals surface area contributed by atoms with Crippen LogP contribution in [0.5, 0.6) is 0 Å². The molecule has 0 radical (unpaired) electrons. The van der Waals surface area contributed by atoms with Crippen LogP contribution in [-0.2, 0) is 14.6 Å². The highest BCUT2D eigenvalue weighted by atomic mass is 32.2. The van der Waals surface area contributed by atoms with Gasteiger partial charge in [-0.05, 0) is 6.08 Å². The van der Waals surface area contributed by atoms with Crippen molar-refractivity contribution >= 4 is 9.84 Å². The van der Waals surface area contributed by atoms with Gasteiger partial charge in [0.1, 0.15) is 12.4 Å². The summed E-state index contributed by atoms with van der Waals surface area (Å²) in [5.41, 5.74) is 0. The minimum absolute atomic E-state index is 0.325. The van der Waals surface area contributed by atoms with Gasteiger partial charge in [-0.3, -0.25) is 0 Å². The lowest BCUT2D eigenvalue weighted by Gasteiger charge is -1.97. The molecule has 0 bridgehead atoms. The van der Waals surface area contributed by atoms with E-state index < -0.39 is 9.84 Å². The molecule has 0 fully saturated rings. The fourth-order valence-corrected chi connectivity index (χ4v) is 1.51. The minimum Gasteiger partial charge on any atom is -0.489 e. The Labute approximate surface area is 65.6 Å². The molecule has 0 unspecified atom stereocenters. The molecule has 1 rings (SSSR count). The molecule has 0 aromatic rings. The Kier molecular flexibility index (Phi) is 2.14. The number of allylic oxidation sites excluding steroid dienone is 1. The molecule has 0 saturated carbocycles. The van der Waals surface area contributed by atoms with Crippen LogP contribution in [0.3, 0.4) is 0 Å². The van der Waals surface area contributed by atoms with Gasteiger partial charge < -0.3 is 4.74 Å². The summed E-state index contributed by atoms with van der Waals surface area (Å²) in [7, 11) is -3.13. The second-order valence-electron chi connectivity index (χ2n) is 2.01. The highest BCUT2D eigenvalue weighted by Crippen LogP contribution is 2.13. The van der Waals surface area contributed by atoms with Gasteiger partial charge in [0, 0.05) is 5.41 Å². The average Bonchev–Trinajstić information content (AvgIpc) is 2.26. The first-order chi connectivity index (χ1) is 5.14. The molecule has 0 spiro atoms. The third-order valence-electron chi connectivity index (χ3n) is 1.07. The molecular weight excluding hydrogens is 164 g/mol. The Morgan fingerprint density at radius 2 is 2.36 bits per heavy atom. The van der Waals surface area contributed by atoms with Crippen molar-refractivity contribution in [3.63, 3.8) is 0 Å². The molecule has 0 aromatic heterocycles. The normalized spacial score (nSPS) is 19.5. The fourth-order valence-electron chi connectivity index (χ4n) is 0.640. The maximum atomic E-state index is 10.7. The van der Waals surface area contributed by atoms with Crippen molar-refractivity contribution in [2.45, 2.75) is 0 Å². The summed E-state index contributed by atoms with van der Waals surface area (Å²) in [6.07, 6.45) is 2.97. The minimum atomic E-state index is -3.13. The predicted octanol–water partition coefficient (Wildman–Crippen LogP) is 0.972. The molecule has 0 amide bonds.